The molecule has 0 spiro atoms. The molecule has 0 saturated heterocycles. The van der Waals surface area contributed by atoms with Gasteiger partial charge in [0, 0.05) is 24.9 Å². The summed E-state index contributed by atoms with van der Waals surface area (Å²) in [6.07, 6.45) is 0.0585. The summed E-state index contributed by atoms with van der Waals surface area (Å²) >= 11 is 0. The van der Waals surface area contributed by atoms with Gasteiger partial charge in [0.05, 0.1) is 5.71 Å². The summed E-state index contributed by atoms with van der Waals surface area (Å²) < 4.78 is 0. The van der Waals surface area contributed by atoms with E-state index in [1.807, 2.05) is 68.4 Å². The molecule has 2 N–H and O–H groups in total. The van der Waals surface area contributed by atoms with Crippen LogP contribution in [0.1, 0.15) is 30.0 Å². The molecule has 1 aliphatic rings. The van der Waals surface area contributed by atoms with Crippen LogP contribution >= 0.6 is 0 Å². The summed E-state index contributed by atoms with van der Waals surface area (Å²) in [7, 11) is 0. The van der Waals surface area contributed by atoms with Gasteiger partial charge in [-0.3, -0.25) is 9.59 Å². The Kier molecular flexibility index (Phi) is 6.42. The van der Waals surface area contributed by atoms with E-state index in [9.17, 15) is 9.59 Å². The monoisotopic (exact) mass is 379 g/mol. The van der Waals surface area contributed by atoms with Gasteiger partial charge in [-0.1, -0.05) is 59.8 Å². The molecule has 6 heteroatoms. The van der Waals surface area contributed by atoms with Crippen LogP contribution in [-0.2, 0) is 20.8 Å². The first kappa shape index (κ1) is 19.6. The number of hydrogen-bond donors (Lipinski definition) is 2. The number of rotatable bonds is 7. The van der Waals surface area contributed by atoms with Crippen LogP contribution in [0.15, 0.2) is 59.8 Å². The third-order valence-corrected chi connectivity index (χ3v) is 4.68. The van der Waals surface area contributed by atoms with Gasteiger partial charge in [-0.25, -0.2) is 0 Å². The second-order valence-electron chi connectivity index (χ2n) is 6.80. The lowest BCUT2D eigenvalue weighted by Crippen LogP contribution is -2.50. The van der Waals surface area contributed by atoms with Crippen LogP contribution in [0.4, 0.5) is 0 Å². The number of nitrogens with one attached hydrogen (secondary N) is 2. The maximum absolute atomic E-state index is 12.7. The number of carbonyl (C=O) groups is 2. The van der Waals surface area contributed by atoms with E-state index in [0.717, 1.165) is 22.4 Å². The van der Waals surface area contributed by atoms with Crippen LogP contribution in [0.25, 0.3) is 0 Å². The van der Waals surface area contributed by atoms with E-state index >= 15 is 0 Å². The molecule has 0 aromatic heterocycles. The van der Waals surface area contributed by atoms with E-state index in [-0.39, 0.29) is 11.8 Å². The van der Waals surface area contributed by atoms with Gasteiger partial charge in [0.25, 0.3) is 5.91 Å². The molecule has 0 radical (unpaired) electrons. The highest BCUT2D eigenvalue weighted by atomic mass is 16.6. The lowest BCUT2D eigenvalue weighted by molar-refractivity contribution is -0.135. The quantitative estimate of drug-likeness (QED) is 0.775. The van der Waals surface area contributed by atoms with Crippen molar-refractivity contribution < 1.29 is 14.4 Å². The Bertz CT molecular complexity index is 864. The summed E-state index contributed by atoms with van der Waals surface area (Å²) in [5, 5.41) is 9.71. The lowest BCUT2D eigenvalue weighted by atomic mass is 9.99. The van der Waals surface area contributed by atoms with E-state index in [1.54, 1.807) is 0 Å². The van der Waals surface area contributed by atoms with E-state index in [2.05, 4.69) is 15.8 Å². The molecule has 2 amide bonds. The van der Waals surface area contributed by atoms with Crippen molar-refractivity contribution in [1.29, 1.82) is 0 Å². The van der Waals surface area contributed by atoms with Crippen molar-refractivity contribution in [3.05, 3.63) is 71.3 Å². The van der Waals surface area contributed by atoms with E-state index in [0.29, 0.717) is 19.4 Å². The van der Waals surface area contributed by atoms with Crippen LogP contribution in [0.2, 0.25) is 0 Å². The maximum atomic E-state index is 12.7. The second-order valence-corrected chi connectivity index (χ2v) is 6.80. The number of aryl methyl sites for hydroxylation is 1. The minimum absolute atomic E-state index is 0.210. The molecule has 0 fully saturated rings. The Morgan fingerprint density at radius 2 is 1.86 bits per heavy atom. The van der Waals surface area contributed by atoms with E-state index in [1.165, 1.54) is 0 Å². The van der Waals surface area contributed by atoms with Crippen LogP contribution < -0.4 is 10.6 Å². The minimum atomic E-state index is -0.734. The molecule has 0 saturated carbocycles. The predicted molar refractivity (Wildman–Crippen MR) is 108 cm³/mol. The van der Waals surface area contributed by atoms with Gasteiger partial charge in [-0.15, -0.1) is 0 Å². The van der Waals surface area contributed by atoms with Crippen molar-refractivity contribution in [2.24, 2.45) is 5.16 Å². The van der Waals surface area contributed by atoms with Crippen molar-refractivity contribution >= 4 is 17.5 Å². The van der Waals surface area contributed by atoms with Gasteiger partial charge in [0.2, 0.25) is 12.0 Å². The Hall–Kier alpha value is -3.15. The minimum Gasteiger partial charge on any atom is -0.382 e. The normalized spacial score (nSPS) is 16.6. The number of likely N-dealkylation sites (N-methyl/N-ethyl adjacent to an activating group) is 1. The van der Waals surface area contributed by atoms with Crippen molar-refractivity contribution in [1.82, 2.24) is 10.6 Å². The number of hydrogen-bond acceptors (Lipinski definition) is 4. The lowest BCUT2D eigenvalue weighted by Gasteiger charge is -2.19. The molecule has 1 heterocycles. The Morgan fingerprint density at radius 3 is 2.57 bits per heavy atom. The molecule has 146 valence electrons. The fraction of sp³-hybridized carbons (Fsp3) is 0.318. The Balaban J connectivity index is 1.65. The van der Waals surface area contributed by atoms with Gasteiger partial charge in [0.1, 0.15) is 6.04 Å². The number of nitrogens with zero attached hydrogens (tertiary/aromatic N) is 1. The first-order chi connectivity index (χ1) is 13.6. The zero-order valence-electron chi connectivity index (χ0n) is 16.1. The van der Waals surface area contributed by atoms with Crippen molar-refractivity contribution in [2.45, 2.75) is 38.8 Å². The Labute approximate surface area is 165 Å². The maximum Gasteiger partial charge on any atom is 0.265 e. The third-order valence-electron chi connectivity index (χ3n) is 4.68. The smallest absolute Gasteiger partial charge is 0.265 e. The topological polar surface area (TPSA) is 79.8 Å². The van der Waals surface area contributed by atoms with E-state index < -0.39 is 12.1 Å². The number of benzene rings is 2. The van der Waals surface area contributed by atoms with Gasteiger partial charge in [0.15, 0.2) is 0 Å². The molecule has 3 rings (SSSR count). The summed E-state index contributed by atoms with van der Waals surface area (Å²) in [5.74, 6) is -0.544. The highest BCUT2D eigenvalue weighted by molar-refractivity contribution is 6.05. The summed E-state index contributed by atoms with van der Waals surface area (Å²) in [6.45, 7) is 4.35. The molecule has 0 unspecified atom stereocenters. The van der Waals surface area contributed by atoms with Crippen LogP contribution in [0.3, 0.4) is 0 Å². The van der Waals surface area contributed by atoms with Crippen molar-refractivity contribution in [3.8, 4) is 0 Å². The second kappa shape index (κ2) is 9.17. The zero-order valence-corrected chi connectivity index (χ0v) is 16.1. The van der Waals surface area contributed by atoms with Gasteiger partial charge in [-0.2, -0.15) is 0 Å². The largest absolute Gasteiger partial charge is 0.382 e. The highest BCUT2D eigenvalue weighted by Gasteiger charge is 2.32. The average Bonchev–Trinajstić information content (AvgIpc) is 3.19. The van der Waals surface area contributed by atoms with Crippen LogP contribution in [0.5, 0.6) is 0 Å². The zero-order chi connectivity index (χ0) is 19.9. The highest BCUT2D eigenvalue weighted by Crippen LogP contribution is 2.19. The van der Waals surface area contributed by atoms with Crippen LogP contribution in [0, 0.1) is 6.92 Å². The molecular weight excluding hydrogens is 354 g/mol. The van der Waals surface area contributed by atoms with Crippen LogP contribution in [-0.4, -0.2) is 36.2 Å². The molecule has 28 heavy (non-hydrogen) atoms. The first-order valence-corrected chi connectivity index (χ1v) is 9.49. The summed E-state index contributed by atoms with van der Waals surface area (Å²) in [4.78, 5) is 30.5. The molecule has 0 bridgehead atoms. The number of carbonyl (C=O) groups excluding carboxylic acids is 2. The van der Waals surface area contributed by atoms with Gasteiger partial charge >= 0.3 is 0 Å². The SMILES string of the molecule is CCNC(=O)[C@H](Cc1ccccc1)NC(=O)[C@H]1CC(c2ccccc2C)=NO1. The standard InChI is InChI=1S/C22H25N3O3/c1-3-23-21(26)19(13-16-10-5-4-6-11-16)24-22(27)20-14-18(25-28-20)17-12-8-7-9-15(17)2/h4-12,19-20H,3,13-14H2,1-2H3,(H,23,26)(H,24,27)/t19-,20+/m0/s1. The Morgan fingerprint density at radius 1 is 1.14 bits per heavy atom. The molecule has 0 aliphatic carbocycles. The van der Waals surface area contributed by atoms with Crippen molar-refractivity contribution in [3.63, 3.8) is 0 Å². The van der Waals surface area contributed by atoms with Gasteiger partial charge < -0.3 is 15.5 Å². The molecule has 2 atom stereocenters. The molecule has 2 aromatic carbocycles. The molecular formula is C22H25N3O3. The third kappa shape index (κ3) is 4.76. The molecule has 2 aromatic rings. The fourth-order valence-corrected chi connectivity index (χ4v) is 3.19. The van der Waals surface area contributed by atoms with Crippen molar-refractivity contribution in [2.75, 3.05) is 6.54 Å². The van der Waals surface area contributed by atoms with E-state index in [4.69, 9.17) is 4.84 Å². The first-order valence-electron chi connectivity index (χ1n) is 9.49. The molecule has 6 nitrogen and oxygen atoms in total. The number of amides is 2. The average molecular weight is 379 g/mol. The molecule has 1 aliphatic heterocycles. The van der Waals surface area contributed by atoms with Gasteiger partial charge in [-0.05, 0) is 25.0 Å². The fourth-order valence-electron chi connectivity index (χ4n) is 3.19. The predicted octanol–water partition coefficient (Wildman–Crippen LogP) is 2.35. The summed E-state index contributed by atoms with van der Waals surface area (Å²) in [5.41, 5.74) is 3.77. The number of oxime groups is 1. The summed E-state index contributed by atoms with van der Waals surface area (Å²) in [6, 6.07) is 16.8.